The number of rotatable bonds is 10. The highest BCUT2D eigenvalue weighted by molar-refractivity contribution is 7.91. The van der Waals surface area contributed by atoms with E-state index in [-0.39, 0.29) is 36.4 Å². The summed E-state index contributed by atoms with van der Waals surface area (Å²) in [7, 11) is -3.97. The minimum Gasteiger partial charge on any atom is -0.368 e. The number of aryl methyl sites for hydroxylation is 1. The summed E-state index contributed by atoms with van der Waals surface area (Å²) in [6.07, 6.45) is 0. The standard InChI is InChI=1S/C18H22Cl2N6O5S/c1-11-2-5-15(25-32(29,30)10-12-3-4-13(19)8-14(12)20)17(28)26(11)9-16(27)23-6-7-31-24-18(21)22/h2-5,8,25H,6-7,9-10H2,1H3,(H,23,27)(H4,21,22,24). The molecule has 32 heavy (non-hydrogen) atoms. The summed E-state index contributed by atoms with van der Waals surface area (Å²) in [5, 5.41) is 10.0. The van der Waals surface area contributed by atoms with Crippen LogP contribution in [0.25, 0.3) is 0 Å². The first-order valence-corrected chi connectivity index (χ1v) is 11.5. The fraction of sp³-hybridized carbons (Fsp3) is 0.278. The number of pyridine rings is 1. The smallest absolute Gasteiger partial charge is 0.275 e. The van der Waals surface area contributed by atoms with Gasteiger partial charge in [-0.1, -0.05) is 29.3 Å². The third-order valence-corrected chi connectivity index (χ3v) is 5.84. The summed E-state index contributed by atoms with van der Waals surface area (Å²) in [4.78, 5) is 29.7. The van der Waals surface area contributed by atoms with Gasteiger partial charge in [-0.15, -0.1) is 0 Å². The zero-order valence-electron chi connectivity index (χ0n) is 16.9. The highest BCUT2D eigenvalue weighted by Crippen LogP contribution is 2.23. The minimum atomic E-state index is -3.97. The van der Waals surface area contributed by atoms with Crippen molar-refractivity contribution in [1.29, 1.82) is 5.41 Å². The number of hydroxylamine groups is 1. The molecule has 1 heterocycles. The molecule has 0 bridgehead atoms. The zero-order chi connectivity index (χ0) is 23.9. The fourth-order valence-corrected chi connectivity index (χ4v) is 4.34. The van der Waals surface area contributed by atoms with Gasteiger partial charge in [-0.3, -0.25) is 24.6 Å². The monoisotopic (exact) mass is 504 g/mol. The summed E-state index contributed by atoms with van der Waals surface area (Å²) in [5.74, 6) is -1.34. The van der Waals surface area contributed by atoms with E-state index in [0.717, 1.165) is 4.57 Å². The lowest BCUT2D eigenvalue weighted by Gasteiger charge is -2.14. The Bertz CT molecular complexity index is 1170. The number of carbonyl (C=O) groups is 1. The topological polar surface area (TPSA) is 168 Å². The first-order chi connectivity index (χ1) is 15.0. The highest BCUT2D eigenvalue weighted by Gasteiger charge is 2.18. The molecule has 0 saturated carbocycles. The van der Waals surface area contributed by atoms with E-state index in [1.807, 2.05) is 0 Å². The molecule has 0 fully saturated rings. The van der Waals surface area contributed by atoms with E-state index in [2.05, 4.69) is 15.5 Å². The average molecular weight is 505 g/mol. The van der Waals surface area contributed by atoms with Gasteiger partial charge in [0.15, 0.2) is 0 Å². The van der Waals surface area contributed by atoms with E-state index in [9.17, 15) is 18.0 Å². The number of hydrogen-bond donors (Lipinski definition) is 5. The van der Waals surface area contributed by atoms with Gasteiger partial charge in [0, 0.05) is 22.3 Å². The number of sulfonamides is 1. The van der Waals surface area contributed by atoms with Crippen LogP contribution in [0.2, 0.25) is 10.0 Å². The SMILES string of the molecule is Cc1ccc(NS(=O)(=O)Cc2ccc(Cl)cc2Cl)c(=O)n1CC(=O)NCCONC(=N)N. The molecule has 0 unspecified atom stereocenters. The quantitative estimate of drug-likeness (QED) is 0.139. The lowest BCUT2D eigenvalue weighted by molar-refractivity contribution is -0.122. The van der Waals surface area contributed by atoms with E-state index in [0.29, 0.717) is 16.3 Å². The number of halogens is 2. The van der Waals surface area contributed by atoms with Crippen LogP contribution in [0.3, 0.4) is 0 Å². The van der Waals surface area contributed by atoms with Gasteiger partial charge in [0.25, 0.3) is 5.56 Å². The molecular weight excluding hydrogens is 483 g/mol. The van der Waals surface area contributed by atoms with Gasteiger partial charge in [-0.25, -0.2) is 13.9 Å². The lowest BCUT2D eigenvalue weighted by atomic mass is 10.2. The summed E-state index contributed by atoms with van der Waals surface area (Å²) < 4.78 is 28.5. The largest absolute Gasteiger partial charge is 0.368 e. The van der Waals surface area contributed by atoms with Gasteiger partial charge in [0.2, 0.25) is 21.9 Å². The molecule has 0 aliphatic heterocycles. The van der Waals surface area contributed by atoms with Crippen LogP contribution in [0.4, 0.5) is 5.69 Å². The summed E-state index contributed by atoms with van der Waals surface area (Å²) in [5.41, 5.74) is 7.05. The van der Waals surface area contributed by atoms with Crippen LogP contribution in [0.15, 0.2) is 35.1 Å². The van der Waals surface area contributed by atoms with Crippen LogP contribution in [-0.4, -0.2) is 38.0 Å². The first kappa shape index (κ1) is 25.5. The molecule has 1 aromatic carbocycles. The van der Waals surface area contributed by atoms with Gasteiger partial charge >= 0.3 is 0 Å². The second-order valence-corrected chi connectivity index (χ2v) is 9.16. The molecule has 1 aromatic heterocycles. The molecule has 0 atom stereocenters. The van der Waals surface area contributed by atoms with Crippen molar-refractivity contribution in [3.8, 4) is 0 Å². The third kappa shape index (κ3) is 7.71. The Morgan fingerprint density at radius 1 is 1.25 bits per heavy atom. The van der Waals surface area contributed by atoms with Crippen LogP contribution < -0.4 is 26.8 Å². The third-order valence-electron chi connectivity index (χ3n) is 4.03. The fourth-order valence-electron chi connectivity index (χ4n) is 2.56. The Balaban J connectivity index is 2.07. The Morgan fingerprint density at radius 3 is 2.62 bits per heavy atom. The molecule has 6 N–H and O–H groups in total. The number of nitrogens with one attached hydrogen (secondary N) is 4. The van der Waals surface area contributed by atoms with Crippen molar-refractivity contribution in [3.05, 3.63) is 62.0 Å². The van der Waals surface area contributed by atoms with Gasteiger partial charge in [0.1, 0.15) is 12.2 Å². The molecule has 14 heteroatoms. The second kappa shape index (κ2) is 11.2. The molecule has 0 saturated heterocycles. The lowest BCUT2D eigenvalue weighted by Crippen LogP contribution is -2.37. The molecule has 0 radical (unpaired) electrons. The van der Waals surface area contributed by atoms with Gasteiger partial charge in [-0.05, 0) is 36.8 Å². The maximum absolute atomic E-state index is 12.8. The van der Waals surface area contributed by atoms with Gasteiger partial charge in [-0.2, -0.15) is 0 Å². The Morgan fingerprint density at radius 2 is 1.97 bits per heavy atom. The number of amides is 1. The molecular formula is C18H22Cl2N6O5S. The zero-order valence-corrected chi connectivity index (χ0v) is 19.3. The molecule has 2 rings (SSSR count). The molecule has 11 nitrogen and oxygen atoms in total. The molecule has 0 aliphatic carbocycles. The summed E-state index contributed by atoms with van der Waals surface area (Å²) >= 11 is 11.9. The van der Waals surface area contributed by atoms with Crippen LogP contribution in [0, 0.1) is 12.3 Å². The van der Waals surface area contributed by atoms with Crippen LogP contribution >= 0.6 is 23.2 Å². The van der Waals surface area contributed by atoms with Crippen molar-refractivity contribution in [2.75, 3.05) is 17.9 Å². The van der Waals surface area contributed by atoms with E-state index in [1.54, 1.807) is 6.92 Å². The molecule has 174 valence electrons. The second-order valence-electron chi connectivity index (χ2n) is 6.59. The van der Waals surface area contributed by atoms with Crippen molar-refractivity contribution in [2.45, 2.75) is 19.2 Å². The van der Waals surface area contributed by atoms with Crippen molar-refractivity contribution < 1.29 is 18.0 Å². The number of aromatic nitrogens is 1. The maximum Gasteiger partial charge on any atom is 0.275 e. The molecule has 2 aromatic rings. The molecule has 0 spiro atoms. The van der Waals surface area contributed by atoms with Gasteiger partial charge < -0.3 is 15.6 Å². The number of nitrogens with zero attached hydrogens (tertiary/aromatic N) is 1. The number of guanidine groups is 1. The predicted octanol–water partition coefficient (Wildman–Crippen LogP) is 0.936. The number of carbonyl (C=O) groups excluding carboxylic acids is 1. The van der Waals surface area contributed by atoms with Crippen molar-refractivity contribution in [1.82, 2.24) is 15.4 Å². The van der Waals surface area contributed by atoms with Gasteiger partial charge in [0.05, 0.1) is 12.4 Å². The van der Waals surface area contributed by atoms with E-state index < -0.39 is 27.2 Å². The number of hydrogen-bond acceptors (Lipinski definition) is 6. The van der Waals surface area contributed by atoms with Crippen LogP contribution in [-0.2, 0) is 32.0 Å². The Hall–Kier alpha value is -2.80. The van der Waals surface area contributed by atoms with E-state index in [4.69, 9.17) is 39.2 Å². The molecule has 0 aliphatic rings. The van der Waals surface area contributed by atoms with E-state index >= 15 is 0 Å². The average Bonchev–Trinajstić information content (AvgIpc) is 2.69. The first-order valence-electron chi connectivity index (χ1n) is 9.12. The number of anilines is 1. The Labute approximate surface area is 194 Å². The summed E-state index contributed by atoms with van der Waals surface area (Å²) in [6, 6.07) is 7.26. The molecule has 1 amide bonds. The number of benzene rings is 1. The van der Waals surface area contributed by atoms with Crippen LogP contribution in [0.1, 0.15) is 11.3 Å². The Kier molecular flexibility index (Phi) is 8.89. The minimum absolute atomic E-state index is 0.0340. The maximum atomic E-state index is 12.8. The van der Waals surface area contributed by atoms with Crippen molar-refractivity contribution in [2.24, 2.45) is 5.73 Å². The van der Waals surface area contributed by atoms with Crippen molar-refractivity contribution in [3.63, 3.8) is 0 Å². The highest BCUT2D eigenvalue weighted by atomic mass is 35.5. The number of nitrogens with two attached hydrogens (primary N) is 1. The summed E-state index contributed by atoms with van der Waals surface area (Å²) in [6.45, 7) is 1.41. The predicted molar refractivity (Wildman–Crippen MR) is 122 cm³/mol. The normalized spacial score (nSPS) is 11.1. The van der Waals surface area contributed by atoms with E-state index in [1.165, 1.54) is 30.3 Å². The van der Waals surface area contributed by atoms with Crippen molar-refractivity contribution >= 4 is 50.8 Å². The van der Waals surface area contributed by atoms with Crippen LogP contribution in [0.5, 0.6) is 0 Å².